The molecule has 1 aromatic carbocycles. The van der Waals surface area contributed by atoms with Crippen molar-refractivity contribution in [2.75, 3.05) is 13.4 Å². The molecular formula is C21H26N2O5. The highest BCUT2D eigenvalue weighted by atomic mass is 16.7. The van der Waals surface area contributed by atoms with Gasteiger partial charge in [-0.05, 0) is 50.5 Å². The first-order valence-corrected chi connectivity index (χ1v) is 9.39. The molecule has 0 saturated carbocycles. The van der Waals surface area contributed by atoms with Crippen LogP contribution in [0.15, 0.2) is 18.2 Å². The SMILES string of the molecule is CCOC(=O)c1c(C)c(CCC(=O)NCc2ccc3c(c2)OCO3)n(C)c1C. The Morgan fingerprint density at radius 1 is 1.21 bits per heavy atom. The molecule has 0 fully saturated rings. The summed E-state index contributed by atoms with van der Waals surface area (Å²) < 4.78 is 17.8. The second-order valence-corrected chi connectivity index (χ2v) is 6.78. The molecule has 3 rings (SSSR count). The van der Waals surface area contributed by atoms with E-state index in [1.54, 1.807) is 6.92 Å². The molecule has 0 unspecified atom stereocenters. The molecule has 150 valence electrons. The Labute approximate surface area is 164 Å². The van der Waals surface area contributed by atoms with Crippen LogP contribution in [0.2, 0.25) is 0 Å². The molecule has 0 saturated heterocycles. The largest absolute Gasteiger partial charge is 0.462 e. The van der Waals surface area contributed by atoms with Crippen LogP contribution < -0.4 is 14.8 Å². The van der Waals surface area contributed by atoms with Crippen molar-refractivity contribution in [1.82, 2.24) is 9.88 Å². The quantitative estimate of drug-likeness (QED) is 0.741. The maximum atomic E-state index is 12.3. The van der Waals surface area contributed by atoms with Gasteiger partial charge in [0, 0.05) is 31.4 Å². The summed E-state index contributed by atoms with van der Waals surface area (Å²) in [6.07, 6.45) is 0.889. The summed E-state index contributed by atoms with van der Waals surface area (Å²) in [7, 11) is 1.91. The van der Waals surface area contributed by atoms with Crippen molar-refractivity contribution in [3.8, 4) is 11.5 Å². The lowest BCUT2D eigenvalue weighted by atomic mass is 10.1. The molecule has 1 amide bonds. The van der Waals surface area contributed by atoms with E-state index in [-0.39, 0.29) is 18.7 Å². The number of fused-ring (bicyclic) bond motifs is 1. The minimum atomic E-state index is -0.313. The fourth-order valence-corrected chi connectivity index (χ4v) is 3.47. The molecule has 2 aromatic rings. The van der Waals surface area contributed by atoms with Crippen molar-refractivity contribution in [3.63, 3.8) is 0 Å². The Hall–Kier alpha value is -2.96. The molecule has 1 N–H and O–H groups in total. The average Bonchev–Trinajstić information content (AvgIpc) is 3.21. The van der Waals surface area contributed by atoms with E-state index in [9.17, 15) is 9.59 Å². The van der Waals surface area contributed by atoms with Gasteiger partial charge in [-0.25, -0.2) is 4.79 Å². The first kappa shape index (κ1) is 19.8. The Morgan fingerprint density at radius 2 is 1.96 bits per heavy atom. The van der Waals surface area contributed by atoms with Gasteiger partial charge in [-0.2, -0.15) is 0 Å². The lowest BCUT2D eigenvalue weighted by Crippen LogP contribution is -2.23. The van der Waals surface area contributed by atoms with Gasteiger partial charge in [-0.15, -0.1) is 0 Å². The van der Waals surface area contributed by atoms with E-state index in [0.29, 0.717) is 37.3 Å². The first-order chi connectivity index (χ1) is 13.4. The number of amides is 1. The van der Waals surface area contributed by atoms with Crippen molar-refractivity contribution < 1.29 is 23.8 Å². The molecule has 2 heterocycles. The summed E-state index contributed by atoms with van der Waals surface area (Å²) in [6.45, 7) is 6.58. The van der Waals surface area contributed by atoms with Gasteiger partial charge in [-0.3, -0.25) is 4.79 Å². The third-order valence-corrected chi connectivity index (χ3v) is 5.07. The first-order valence-electron chi connectivity index (χ1n) is 9.39. The van der Waals surface area contributed by atoms with Gasteiger partial charge in [0.2, 0.25) is 12.7 Å². The molecule has 0 spiro atoms. The van der Waals surface area contributed by atoms with Crippen molar-refractivity contribution in [3.05, 3.63) is 46.3 Å². The maximum Gasteiger partial charge on any atom is 0.340 e. The molecule has 0 radical (unpaired) electrons. The fourth-order valence-electron chi connectivity index (χ4n) is 3.47. The Balaban J connectivity index is 1.59. The lowest BCUT2D eigenvalue weighted by molar-refractivity contribution is -0.121. The third-order valence-electron chi connectivity index (χ3n) is 5.07. The van der Waals surface area contributed by atoms with Gasteiger partial charge in [0.05, 0.1) is 12.2 Å². The molecule has 0 atom stereocenters. The Morgan fingerprint density at radius 3 is 2.71 bits per heavy atom. The molecule has 0 aliphatic carbocycles. The molecular weight excluding hydrogens is 360 g/mol. The number of hydrogen-bond acceptors (Lipinski definition) is 5. The van der Waals surface area contributed by atoms with Gasteiger partial charge in [0.1, 0.15) is 0 Å². The number of hydrogen-bond donors (Lipinski definition) is 1. The smallest absolute Gasteiger partial charge is 0.340 e. The molecule has 7 heteroatoms. The third kappa shape index (κ3) is 3.98. The zero-order chi connectivity index (χ0) is 20.3. The maximum absolute atomic E-state index is 12.3. The van der Waals surface area contributed by atoms with Crippen LogP contribution in [0.25, 0.3) is 0 Å². The number of nitrogens with one attached hydrogen (secondary N) is 1. The van der Waals surface area contributed by atoms with Crippen molar-refractivity contribution in [2.45, 2.75) is 40.2 Å². The van der Waals surface area contributed by atoms with Crippen LogP contribution in [0.1, 0.15) is 46.2 Å². The number of carbonyl (C=O) groups excluding carboxylic acids is 2. The molecule has 7 nitrogen and oxygen atoms in total. The zero-order valence-corrected chi connectivity index (χ0v) is 16.8. The van der Waals surface area contributed by atoms with Gasteiger partial charge < -0.3 is 24.1 Å². The van der Waals surface area contributed by atoms with E-state index in [2.05, 4.69) is 5.32 Å². The minimum absolute atomic E-state index is 0.0476. The van der Waals surface area contributed by atoms with Gasteiger partial charge >= 0.3 is 5.97 Å². The van der Waals surface area contributed by atoms with E-state index in [0.717, 1.165) is 28.3 Å². The predicted octanol–water partition coefficient (Wildman–Crippen LogP) is 2.80. The summed E-state index contributed by atoms with van der Waals surface area (Å²) in [5, 5.41) is 2.93. The topological polar surface area (TPSA) is 78.8 Å². The Kier molecular flexibility index (Phi) is 5.92. The summed E-state index contributed by atoms with van der Waals surface area (Å²) in [4.78, 5) is 24.5. The van der Waals surface area contributed by atoms with Gasteiger partial charge in [0.15, 0.2) is 11.5 Å². The van der Waals surface area contributed by atoms with Crippen LogP contribution in [0.4, 0.5) is 0 Å². The summed E-state index contributed by atoms with van der Waals surface area (Å²) in [5.41, 5.74) is 4.25. The lowest BCUT2D eigenvalue weighted by Gasteiger charge is -2.08. The summed E-state index contributed by atoms with van der Waals surface area (Å²) in [6, 6.07) is 5.62. The van der Waals surface area contributed by atoms with Crippen LogP contribution in [-0.4, -0.2) is 29.8 Å². The second kappa shape index (κ2) is 8.37. The van der Waals surface area contributed by atoms with Gasteiger partial charge in [-0.1, -0.05) is 6.07 Å². The Bertz CT molecular complexity index is 901. The van der Waals surface area contributed by atoms with Crippen molar-refractivity contribution in [2.24, 2.45) is 7.05 Å². The van der Waals surface area contributed by atoms with E-state index in [1.807, 2.05) is 43.7 Å². The second-order valence-electron chi connectivity index (χ2n) is 6.78. The monoisotopic (exact) mass is 386 g/mol. The highest BCUT2D eigenvalue weighted by molar-refractivity contribution is 5.93. The predicted molar refractivity (Wildman–Crippen MR) is 104 cm³/mol. The number of nitrogens with zero attached hydrogens (tertiary/aromatic N) is 1. The number of esters is 1. The van der Waals surface area contributed by atoms with Crippen molar-refractivity contribution in [1.29, 1.82) is 0 Å². The highest BCUT2D eigenvalue weighted by Crippen LogP contribution is 2.32. The van der Waals surface area contributed by atoms with Gasteiger partial charge in [0.25, 0.3) is 0 Å². The number of ether oxygens (including phenoxy) is 3. The molecule has 1 aliphatic rings. The van der Waals surface area contributed by atoms with Crippen LogP contribution in [0, 0.1) is 13.8 Å². The van der Waals surface area contributed by atoms with E-state index in [1.165, 1.54) is 0 Å². The fraction of sp³-hybridized carbons (Fsp3) is 0.429. The summed E-state index contributed by atoms with van der Waals surface area (Å²) in [5.74, 6) is 1.07. The minimum Gasteiger partial charge on any atom is -0.462 e. The van der Waals surface area contributed by atoms with Crippen LogP contribution in [-0.2, 0) is 29.5 Å². The van der Waals surface area contributed by atoms with Crippen molar-refractivity contribution >= 4 is 11.9 Å². The van der Waals surface area contributed by atoms with E-state index >= 15 is 0 Å². The van der Waals surface area contributed by atoms with Crippen LogP contribution >= 0.6 is 0 Å². The summed E-state index contributed by atoms with van der Waals surface area (Å²) >= 11 is 0. The number of carbonyl (C=O) groups is 2. The van der Waals surface area contributed by atoms with E-state index in [4.69, 9.17) is 14.2 Å². The standard InChI is InChI=1S/C21H26N2O5/c1-5-26-21(25)20-13(2)16(23(4)14(20)3)7-9-19(24)22-11-15-6-8-17-18(10-15)28-12-27-17/h6,8,10H,5,7,9,11-12H2,1-4H3,(H,22,24). The number of benzene rings is 1. The average molecular weight is 386 g/mol. The van der Waals surface area contributed by atoms with Crippen LogP contribution in [0.5, 0.6) is 11.5 Å². The molecule has 1 aliphatic heterocycles. The molecule has 28 heavy (non-hydrogen) atoms. The molecule has 1 aromatic heterocycles. The number of rotatable bonds is 7. The molecule has 0 bridgehead atoms. The van der Waals surface area contributed by atoms with Crippen LogP contribution in [0.3, 0.4) is 0 Å². The zero-order valence-electron chi connectivity index (χ0n) is 16.8. The number of aromatic nitrogens is 1. The normalized spacial score (nSPS) is 12.1. The van der Waals surface area contributed by atoms with E-state index < -0.39 is 0 Å². The highest BCUT2D eigenvalue weighted by Gasteiger charge is 2.22.